The normalized spacial score (nSPS) is 12.9. The standard InChI is InChI=1S/C13H14N4O4S/c14-11(18)7-9(13(15)19)17-22(20,21)10-5-1-3-8-4-2-6-16-12(8)10/h1-6,9,17H,7H2,(H2,14,18)(H2,15,19). The fraction of sp³-hybridized carbons (Fsp3) is 0.154. The van der Waals surface area contributed by atoms with Gasteiger partial charge in [0.2, 0.25) is 21.8 Å². The molecule has 1 atom stereocenters. The molecule has 0 spiro atoms. The predicted octanol–water partition coefficient (Wildman–Crippen LogP) is -0.758. The minimum atomic E-state index is -4.10. The lowest BCUT2D eigenvalue weighted by Crippen LogP contribution is -2.46. The van der Waals surface area contributed by atoms with Gasteiger partial charge in [0.25, 0.3) is 0 Å². The second-order valence-corrected chi connectivity index (χ2v) is 6.26. The number of benzene rings is 1. The highest BCUT2D eigenvalue weighted by molar-refractivity contribution is 7.89. The molecule has 1 unspecified atom stereocenters. The van der Waals surface area contributed by atoms with Gasteiger partial charge < -0.3 is 11.5 Å². The topological polar surface area (TPSA) is 145 Å². The highest BCUT2D eigenvalue weighted by Gasteiger charge is 2.27. The number of sulfonamides is 1. The van der Waals surface area contributed by atoms with Crippen LogP contribution in [0.5, 0.6) is 0 Å². The molecular weight excluding hydrogens is 308 g/mol. The predicted molar refractivity (Wildman–Crippen MR) is 78.9 cm³/mol. The van der Waals surface area contributed by atoms with Crippen LogP contribution in [0.25, 0.3) is 10.9 Å². The molecule has 0 fully saturated rings. The number of rotatable bonds is 6. The van der Waals surface area contributed by atoms with Crippen LogP contribution in [0.4, 0.5) is 0 Å². The van der Waals surface area contributed by atoms with Crippen molar-refractivity contribution >= 4 is 32.7 Å². The van der Waals surface area contributed by atoms with Gasteiger partial charge in [-0.05, 0) is 12.1 Å². The van der Waals surface area contributed by atoms with Crippen LogP contribution in [0.15, 0.2) is 41.4 Å². The second-order valence-electron chi connectivity index (χ2n) is 4.58. The number of hydrogen-bond acceptors (Lipinski definition) is 5. The highest BCUT2D eigenvalue weighted by Crippen LogP contribution is 2.20. The van der Waals surface area contributed by atoms with Gasteiger partial charge in [0, 0.05) is 11.6 Å². The molecule has 1 aromatic heterocycles. The Morgan fingerprint density at radius 3 is 2.50 bits per heavy atom. The molecule has 0 saturated heterocycles. The summed E-state index contributed by atoms with van der Waals surface area (Å²) in [4.78, 5) is 26.1. The van der Waals surface area contributed by atoms with Gasteiger partial charge in [-0.3, -0.25) is 14.6 Å². The molecule has 2 rings (SSSR count). The average Bonchev–Trinajstić information content (AvgIpc) is 2.45. The number of carbonyl (C=O) groups excluding carboxylic acids is 2. The first kappa shape index (κ1) is 15.9. The van der Waals surface area contributed by atoms with Crippen molar-refractivity contribution in [3.8, 4) is 0 Å². The Morgan fingerprint density at radius 2 is 1.86 bits per heavy atom. The van der Waals surface area contributed by atoms with E-state index in [-0.39, 0.29) is 10.4 Å². The maximum absolute atomic E-state index is 12.4. The summed E-state index contributed by atoms with van der Waals surface area (Å²) in [7, 11) is -4.10. The third kappa shape index (κ3) is 3.38. The summed E-state index contributed by atoms with van der Waals surface area (Å²) in [6.45, 7) is 0. The quantitative estimate of drug-likeness (QED) is 0.640. The van der Waals surface area contributed by atoms with Crippen molar-refractivity contribution in [2.45, 2.75) is 17.4 Å². The lowest BCUT2D eigenvalue weighted by Gasteiger charge is -2.15. The van der Waals surface area contributed by atoms with Crippen molar-refractivity contribution in [1.29, 1.82) is 0 Å². The third-order valence-corrected chi connectivity index (χ3v) is 4.43. The summed E-state index contributed by atoms with van der Waals surface area (Å²) in [5, 5.41) is 0.621. The van der Waals surface area contributed by atoms with Crippen molar-refractivity contribution in [3.63, 3.8) is 0 Å². The van der Waals surface area contributed by atoms with E-state index in [1.807, 2.05) is 0 Å². The van der Waals surface area contributed by atoms with E-state index >= 15 is 0 Å². The van der Waals surface area contributed by atoms with Gasteiger partial charge in [-0.2, -0.15) is 4.72 Å². The number of nitrogens with zero attached hydrogens (tertiary/aromatic N) is 1. The molecule has 5 N–H and O–H groups in total. The van der Waals surface area contributed by atoms with E-state index in [0.717, 1.165) is 0 Å². The Labute approximate surface area is 126 Å². The third-order valence-electron chi connectivity index (χ3n) is 2.93. The van der Waals surface area contributed by atoms with Gasteiger partial charge in [-0.25, -0.2) is 8.42 Å². The molecule has 22 heavy (non-hydrogen) atoms. The molecule has 1 heterocycles. The number of para-hydroxylation sites is 1. The lowest BCUT2D eigenvalue weighted by atomic mass is 10.2. The van der Waals surface area contributed by atoms with Crippen molar-refractivity contribution in [2.24, 2.45) is 11.5 Å². The minimum Gasteiger partial charge on any atom is -0.370 e. The summed E-state index contributed by atoms with van der Waals surface area (Å²) in [5.41, 5.74) is 10.3. The van der Waals surface area contributed by atoms with Crippen molar-refractivity contribution in [3.05, 3.63) is 36.5 Å². The monoisotopic (exact) mass is 322 g/mol. The van der Waals surface area contributed by atoms with Crippen LogP contribution >= 0.6 is 0 Å². The molecular formula is C13H14N4O4S. The van der Waals surface area contributed by atoms with Crippen molar-refractivity contribution in [1.82, 2.24) is 9.71 Å². The zero-order chi connectivity index (χ0) is 16.3. The fourth-order valence-corrected chi connectivity index (χ4v) is 3.33. The van der Waals surface area contributed by atoms with E-state index in [1.165, 1.54) is 12.3 Å². The van der Waals surface area contributed by atoms with Crippen LogP contribution in [-0.4, -0.2) is 31.3 Å². The first-order chi connectivity index (χ1) is 10.3. The van der Waals surface area contributed by atoms with Crippen LogP contribution in [0, 0.1) is 0 Å². The largest absolute Gasteiger partial charge is 0.370 e. The summed E-state index contributed by atoms with van der Waals surface area (Å²) >= 11 is 0. The van der Waals surface area contributed by atoms with Gasteiger partial charge >= 0.3 is 0 Å². The number of primary amides is 2. The van der Waals surface area contributed by atoms with Gasteiger partial charge in [0.05, 0.1) is 11.9 Å². The molecule has 2 aromatic rings. The molecule has 116 valence electrons. The Balaban J connectivity index is 2.44. The summed E-state index contributed by atoms with van der Waals surface area (Å²) in [5.74, 6) is -1.84. The molecule has 0 saturated carbocycles. The van der Waals surface area contributed by atoms with Gasteiger partial charge in [0.15, 0.2) is 0 Å². The fourth-order valence-electron chi connectivity index (χ4n) is 1.95. The number of aromatic nitrogens is 1. The van der Waals surface area contributed by atoms with Crippen molar-refractivity contribution < 1.29 is 18.0 Å². The van der Waals surface area contributed by atoms with Crippen LogP contribution in [0.2, 0.25) is 0 Å². The zero-order valence-corrected chi connectivity index (χ0v) is 12.2. The number of pyridine rings is 1. The molecule has 8 nitrogen and oxygen atoms in total. The Kier molecular flexibility index (Phi) is 4.38. The van der Waals surface area contributed by atoms with Crippen LogP contribution in [0.3, 0.4) is 0 Å². The van der Waals surface area contributed by atoms with Gasteiger partial charge in [-0.15, -0.1) is 0 Å². The number of carbonyl (C=O) groups is 2. The van der Waals surface area contributed by atoms with E-state index in [1.54, 1.807) is 24.3 Å². The Morgan fingerprint density at radius 1 is 1.18 bits per heavy atom. The van der Waals surface area contributed by atoms with E-state index in [4.69, 9.17) is 11.5 Å². The Hall–Kier alpha value is -2.52. The highest BCUT2D eigenvalue weighted by atomic mass is 32.2. The van der Waals surface area contributed by atoms with Gasteiger partial charge in [0.1, 0.15) is 10.9 Å². The summed E-state index contributed by atoms with van der Waals surface area (Å²) in [6, 6.07) is 6.56. The molecule has 0 aliphatic heterocycles. The van der Waals surface area contributed by atoms with E-state index in [2.05, 4.69) is 9.71 Å². The van der Waals surface area contributed by atoms with Crippen molar-refractivity contribution in [2.75, 3.05) is 0 Å². The first-order valence-corrected chi connectivity index (χ1v) is 7.73. The van der Waals surface area contributed by atoms with E-state index in [0.29, 0.717) is 5.39 Å². The van der Waals surface area contributed by atoms with E-state index < -0.39 is 34.3 Å². The maximum Gasteiger partial charge on any atom is 0.243 e. The first-order valence-electron chi connectivity index (χ1n) is 6.25. The van der Waals surface area contributed by atoms with Crippen LogP contribution in [-0.2, 0) is 19.6 Å². The molecule has 9 heteroatoms. The number of fused-ring (bicyclic) bond motifs is 1. The van der Waals surface area contributed by atoms with Gasteiger partial charge in [-0.1, -0.05) is 18.2 Å². The minimum absolute atomic E-state index is 0.110. The number of amides is 2. The average molecular weight is 322 g/mol. The molecule has 0 radical (unpaired) electrons. The molecule has 1 aromatic carbocycles. The van der Waals surface area contributed by atoms with Crippen LogP contribution < -0.4 is 16.2 Å². The molecule has 0 bridgehead atoms. The SMILES string of the molecule is NC(=O)CC(NS(=O)(=O)c1cccc2cccnc12)C(N)=O. The lowest BCUT2D eigenvalue weighted by molar-refractivity contribution is -0.124. The van der Waals surface area contributed by atoms with Crippen LogP contribution in [0.1, 0.15) is 6.42 Å². The summed E-state index contributed by atoms with van der Waals surface area (Å²) in [6.07, 6.45) is 0.934. The van der Waals surface area contributed by atoms with E-state index in [9.17, 15) is 18.0 Å². The maximum atomic E-state index is 12.4. The second kappa shape index (κ2) is 6.08. The molecule has 2 amide bonds. The Bertz CT molecular complexity index is 830. The number of nitrogens with two attached hydrogens (primary N) is 2. The summed E-state index contributed by atoms with van der Waals surface area (Å²) < 4.78 is 27.0. The smallest absolute Gasteiger partial charge is 0.243 e. The number of nitrogens with one attached hydrogen (secondary N) is 1. The number of hydrogen-bond donors (Lipinski definition) is 3. The molecule has 0 aliphatic rings. The zero-order valence-electron chi connectivity index (χ0n) is 11.4. The molecule has 0 aliphatic carbocycles.